The first-order valence-corrected chi connectivity index (χ1v) is 10.1. The molecule has 0 radical (unpaired) electrons. The summed E-state index contributed by atoms with van der Waals surface area (Å²) in [6, 6.07) is 13.2. The van der Waals surface area contributed by atoms with Crippen LogP contribution in [0.25, 0.3) is 0 Å². The van der Waals surface area contributed by atoms with Crippen LogP contribution in [0, 0.1) is 0 Å². The zero-order valence-electron chi connectivity index (χ0n) is 15.3. The highest BCUT2D eigenvalue weighted by Gasteiger charge is 2.33. The molecule has 2 N–H and O–H groups in total. The molecule has 1 aromatic carbocycles. The Morgan fingerprint density at radius 1 is 1.24 bits per heavy atom. The van der Waals surface area contributed by atoms with Gasteiger partial charge in [-0.2, -0.15) is 0 Å². The molecule has 3 rings (SSSR count). The Bertz CT molecular complexity index is 909. The molecule has 2 heterocycles. The molecule has 0 aliphatic carbocycles. The minimum atomic E-state index is -1.31. The first-order chi connectivity index (χ1) is 14.0. The summed E-state index contributed by atoms with van der Waals surface area (Å²) >= 11 is 7.72. The lowest BCUT2D eigenvalue weighted by Crippen LogP contribution is -2.45. The van der Waals surface area contributed by atoms with Crippen LogP contribution in [0.1, 0.15) is 10.8 Å². The summed E-state index contributed by atoms with van der Waals surface area (Å²) in [5.74, 6) is -2.59. The fraction of sp³-hybridized carbons (Fsp3) is 0.250. The van der Waals surface area contributed by atoms with Gasteiger partial charge in [0.25, 0.3) is 0 Å². The monoisotopic (exact) mass is 434 g/mol. The van der Waals surface area contributed by atoms with Crippen molar-refractivity contribution >= 4 is 35.3 Å². The van der Waals surface area contributed by atoms with Gasteiger partial charge in [-0.3, -0.25) is 0 Å². The van der Waals surface area contributed by atoms with E-state index in [0.29, 0.717) is 22.7 Å². The predicted molar refractivity (Wildman–Crippen MR) is 109 cm³/mol. The summed E-state index contributed by atoms with van der Waals surface area (Å²) < 4.78 is 5.97. The van der Waals surface area contributed by atoms with Crippen LogP contribution in [-0.4, -0.2) is 57.8 Å². The molecule has 0 saturated carbocycles. The minimum absolute atomic E-state index is 0.216. The van der Waals surface area contributed by atoms with Gasteiger partial charge in [0, 0.05) is 19.3 Å². The number of hydrogen-bond acceptors (Lipinski definition) is 6. The molecule has 0 unspecified atom stereocenters. The topological polar surface area (TPSA) is 100.0 Å². The van der Waals surface area contributed by atoms with Gasteiger partial charge in [-0.1, -0.05) is 53.7 Å². The van der Waals surface area contributed by atoms with Gasteiger partial charge < -0.3 is 19.8 Å². The molecule has 29 heavy (non-hydrogen) atoms. The van der Waals surface area contributed by atoms with E-state index in [1.807, 2.05) is 30.3 Å². The Kier molecular flexibility index (Phi) is 7.13. The van der Waals surface area contributed by atoms with E-state index in [4.69, 9.17) is 21.4 Å². The summed E-state index contributed by atoms with van der Waals surface area (Å²) in [6.07, 6.45) is 1.97. The number of nitrogens with zero attached hydrogens (tertiary/aromatic N) is 2. The number of benzene rings is 1. The molecule has 2 atom stereocenters. The average Bonchev–Trinajstić information content (AvgIpc) is 2.72. The maximum atomic E-state index is 11.6. The van der Waals surface area contributed by atoms with Gasteiger partial charge in [-0.05, 0) is 17.7 Å². The van der Waals surface area contributed by atoms with E-state index >= 15 is 0 Å². The molecule has 9 heteroatoms. The number of hydrogen-bond donors (Lipinski definition) is 2. The molecule has 0 amide bonds. The summed E-state index contributed by atoms with van der Waals surface area (Å²) in [5, 5.41) is 19.4. The van der Waals surface area contributed by atoms with Crippen LogP contribution in [0.5, 0.6) is 0 Å². The average molecular weight is 435 g/mol. The van der Waals surface area contributed by atoms with E-state index in [9.17, 15) is 14.7 Å². The van der Waals surface area contributed by atoms with Crippen molar-refractivity contribution in [2.45, 2.75) is 16.4 Å². The third kappa shape index (κ3) is 5.50. The normalized spacial score (nSPS) is 18.3. The minimum Gasteiger partial charge on any atom is -0.478 e. The van der Waals surface area contributed by atoms with Crippen molar-refractivity contribution in [3.05, 3.63) is 71.0 Å². The first-order valence-electron chi connectivity index (χ1n) is 8.82. The molecule has 0 spiro atoms. The number of thioether (sulfide) groups is 1. The molecule has 0 bridgehead atoms. The number of aliphatic carboxylic acids is 2. The van der Waals surface area contributed by atoms with Crippen molar-refractivity contribution in [3.8, 4) is 0 Å². The molecule has 7 nitrogen and oxygen atoms in total. The summed E-state index contributed by atoms with van der Waals surface area (Å²) in [6.45, 7) is 0.787. The van der Waals surface area contributed by atoms with Crippen LogP contribution in [0.3, 0.4) is 0 Å². The van der Waals surface area contributed by atoms with Crippen molar-refractivity contribution in [2.24, 2.45) is 0 Å². The Morgan fingerprint density at radius 3 is 2.66 bits per heavy atom. The van der Waals surface area contributed by atoms with E-state index in [0.717, 1.165) is 5.56 Å². The fourth-order valence-corrected chi connectivity index (χ4v) is 4.47. The zero-order chi connectivity index (χ0) is 20.8. The summed E-state index contributed by atoms with van der Waals surface area (Å²) in [4.78, 5) is 28.5. The number of pyridine rings is 1. The van der Waals surface area contributed by atoms with Gasteiger partial charge in [-0.25, -0.2) is 14.6 Å². The van der Waals surface area contributed by atoms with Gasteiger partial charge >= 0.3 is 11.9 Å². The fourth-order valence-electron chi connectivity index (χ4n) is 3.06. The van der Waals surface area contributed by atoms with Gasteiger partial charge in [0.1, 0.15) is 10.7 Å². The van der Waals surface area contributed by atoms with Gasteiger partial charge in [-0.15, -0.1) is 0 Å². The number of carboxylic acids is 2. The van der Waals surface area contributed by atoms with E-state index in [1.54, 1.807) is 18.3 Å². The first kappa shape index (κ1) is 21.2. The zero-order valence-corrected chi connectivity index (χ0v) is 16.8. The third-order valence-corrected chi connectivity index (χ3v) is 6.14. The maximum Gasteiger partial charge on any atom is 0.352 e. The van der Waals surface area contributed by atoms with E-state index in [1.165, 1.54) is 16.7 Å². The molecular weight excluding hydrogens is 416 g/mol. The van der Waals surface area contributed by atoms with Crippen molar-refractivity contribution in [2.75, 3.05) is 19.7 Å². The van der Waals surface area contributed by atoms with Crippen LogP contribution < -0.4 is 0 Å². The summed E-state index contributed by atoms with van der Waals surface area (Å²) in [7, 11) is 0. The van der Waals surface area contributed by atoms with Crippen LogP contribution >= 0.6 is 23.4 Å². The predicted octanol–water partition coefficient (Wildman–Crippen LogP) is 3.32. The second kappa shape index (κ2) is 9.78. The van der Waals surface area contributed by atoms with Gasteiger partial charge in [0.2, 0.25) is 0 Å². The highest BCUT2D eigenvalue weighted by atomic mass is 35.5. The van der Waals surface area contributed by atoms with E-state index in [2.05, 4.69) is 4.98 Å². The lowest BCUT2D eigenvalue weighted by atomic mass is 10.1. The third-order valence-electron chi connectivity index (χ3n) is 4.34. The smallest absolute Gasteiger partial charge is 0.352 e. The van der Waals surface area contributed by atoms with Crippen LogP contribution in [-0.2, 0) is 14.3 Å². The van der Waals surface area contributed by atoms with E-state index in [-0.39, 0.29) is 24.1 Å². The number of carboxylic acid groups (broad SMARTS) is 2. The Labute approximate surface area is 177 Å². The standard InChI is InChI=1S/C20H19ClN2O5S/c21-14-7-4-8-22-19(14)29-18(13-5-2-1-3-6-13)16-12-23(9-10-28-16)15(20(26)27)11-17(24)25/h1-8,11,16,18H,9-10,12H2,(H,24,25)(H,26,27)/b15-11-/t16-,18-/m0/s1. The quantitative estimate of drug-likeness (QED) is 0.505. The number of ether oxygens (including phenoxy) is 1. The van der Waals surface area contributed by atoms with Crippen LogP contribution in [0.4, 0.5) is 0 Å². The molecule has 1 aliphatic heterocycles. The van der Waals surface area contributed by atoms with Crippen LogP contribution in [0.15, 0.2) is 65.5 Å². The number of halogens is 1. The second-order valence-electron chi connectivity index (χ2n) is 6.27. The Morgan fingerprint density at radius 2 is 2.00 bits per heavy atom. The maximum absolute atomic E-state index is 11.6. The van der Waals surface area contributed by atoms with Gasteiger partial charge in [0.15, 0.2) is 0 Å². The lowest BCUT2D eigenvalue weighted by Gasteiger charge is -2.38. The Hall–Kier alpha value is -2.55. The van der Waals surface area contributed by atoms with Crippen molar-refractivity contribution in [3.63, 3.8) is 0 Å². The van der Waals surface area contributed by atoms with Gasteiger partial charge in [0.05, 0.1) is 29.1 Å². The SMILES string of the molecule is O=C(O)/C=C(/C(=O)O)N1CCO[C@H]([C@@H](Sc2ncccc2Cl)c2ccccc2)C1. The summed E-state index contributed by atoms with van der Waals surface area (Å²) in [5.41, 5.74) is 0.712. The van der Waals surface area contributed by atoms with Crippen LogP contribution in [0.2, 0.25) is 5.02 Å². The Balaban J connectivity index is 1.90. The molecule has 1 aliphatic rings. The number of rotatable bonds is 7. The molecule has 1 fully saturated rings. The lowest BCUT2D eigenvalue weighted by molar-refractivity contribution is -0.137. The molecule has 1 saturated heterocycles. The van der Waals surface area contributed by atoms with Crippen molar-refractivity contribution in [1.29, 1.82) is 0 Å². The largest absolute Gasteiger partial charge is 0.478 e. The highest BCUT2D eigenvalue weighted by molar-refractivity contribution is 7.99. The second-order valence-corrected chi connectivity index (χ2v) is 7.81. The van der Waals surface area contributed by atoms with Crippen molar-refractivity contribution < 1.29 is 24.5 Å². The molecule has 1 aromatic heterocycles. The number of morpholine rings is 1. The molecule has 2 aromatic rings. The molecule has 152 valence electrons. The number of carbonyl (C=O) groups is 2. The van der Waals surface area contributed by atoms with E-state index < -0.39 is 18.0 Å². The van der Waals surface area contributed by atoms with Crippen molar-refractivity contribution in [1.82, 2.24) is 9.88 Å². The highest BCUT2D eigenvalue weighted by Crippen LogP contribution is 2.41. The number of aromatic nitrogens is 1. The molecular formula is C20H19ClN2O5S.